The smallest absolute Gasteiger partial charge is 0.341 e. The average molecular weight is 450 g/mol. The quantitative estimate of drug-likeness (QED) is 0.531. The molecule has 1 fully saturated rings. The van der Waals surface area contributed by atoms with Crippen molar-refractivity contribution in [3.05, 3.63) is 52.6 Å². The molecule has 4 rings (SSSR count). The lowest BCUT2D eigenvalue weighted by molar-refractivity contribution is 0.0527. The van der Waals surface area contributed by atoms with E-state index in [1.165, 1.54) is 6.07 Å². The topological polar surface area (TPSA) is 100 Å². The second kappa shape index (κ2) is 10.1. The summed E-state index contributed by atoms with van der Waals surface area (Å²) in [6.45, 7) is 3.17. The first-order valence-corrected chi connectivity index (χ1v) is 11.5. The molecule has 0 amide bonds. The molecule has 1 aliphatic carbocycles. The number of hydrogen-bond donors (Lipinski definition) is 2. The zero-order valence-electron chi connectivity index (χ0n) is 19.4. The molecule has 0 radical (unpaired) electrons. The molecule has 1 saturated carbocycles. The Bertz CT molecular complexity index is 1180. The summed E-state index contributed by atoms with van der Waals surface area (Å²) < 4.78 is 5.30. The van der Waals surface area contributed by atoms with Crippen molar-refractivity contribution < 1.29 is 9.53 Å². The van der Waals surface area contributed by atoms with Crippen molar-refractivity contribution in [2.75, 3.05) is 32.6 Å². The zero-order valence-corrected chi connectivity index (χ0v) is 19.4. The molecule has 0 aromatic carbocycles. The fourth-order valence-electron chi connectivity index (χ4n) is 4.55. The number of ether oxygens (including phenoxy) is 1. The Morgan fingerprint density at radius 1 is 1.21 bits per heavy atom. The minimum absolute atomic E-state index is 0.194. The van der Waals surface area contributed by atoms with Gasteiger partial charge in [0, 0.05) is 36.6 Å². The zero-order chi connectivity index (χ0) is 23.4. The van der Waals surface area contributed by atoms with E-state index in [0.29, 0.717) is 39.5 Å². The maximum atomic E-state index is 12.7. The third-order valence-corrected chi connectivity index (χ3v) is 6.10. The molecule has 174 valence electrons. The molecule has 1 aliphatic rings. The van der Waals surface area contributed by atoms with Crippen LogP contribution in [0.15, 0.2) is 41.5 Å². The number of anilines is 1. The van der Waals surface area contributed by atoms with Gasteiger partial charge < -0.3 is 19.9 Å². The first-order chi connectivity index (χ1) is 15.9. The van der Waals surface area contributed by atoms with Crippen LogP contribution in [0.2, 0.25) is 0 Å². The predicted molar refractivity (Wildman–Crippen MR) is 129 cm³/mol. The molecule has 3 heterocycles. The van der Waals surface area contributed by atoms with Gasteiger partial charge in [-0.15, -0.1) is 0 Å². The van der Waals surface area contributed by atoms with Crippen LogP contribution < -0.4 is 10.9 Å². The van der Waals surface area contributed by atoms with E-state index >= 15 is 0 Å². The molecule has 8 heteroatoms. The van der Waals surface area contributed by atoms with E-state index in [-0.39, 0.29) is 18.2 Å². The first kappa shape index (κ1) is 22.9. The summed E-state index contributed by atoms with van der Waals surface area (Å²) in [5.41, 5.74) is 3.48. The molecule has 0 bridgehead atoms. The number of hydrogen-bond acceptors (Lipinski definition) is 7. The van der Waals surface area contributed by atoms with Crippen LogP contribution in [0.4, 0.5) is 5.69 Å². The summed E-state index contributed by atoms with van der Waals surface area (Å²) in [6.07, 6.45) is 7.49. The molecule has 0 spiro atoms. The standard InChI is InChI=1S/C25H31N5O3/c1-4-33-25(32)19-14-27-21-10-9-20(17-11-12-26-22(31)13-17)29-24(21)23(19)28-18-7-5-16(6-8-18)15-30(2)3/h9-14,16,18H,4-8,15H2,1-3H3,(H,26,31)(H,27,28). The fraction of sp³-hybridized carbons (Fsp3) is 0.440. The second-order valence-electron chi connectivity index (χ2n) is 8.90. The number of pyridine rings is 3. The molecule has 0 atom stereocenters. The largest absolute Gasteiger partial charge is 0.462 e. The highest BCUT2D eigenvalue weighted by atomic mass is 16.5. The molecule has 3 aromatic rings. The van der Waals surface area contributed by atoms with E-state index in [1.807, 2.05) is 12.1 Å². The molecule has 33 heavy (non-hydrogen) atoms. The van der Waals surface area contributed by atoms with Gasteiger partial charge in [-0.25, -0.2) is 9.78 Å². The van der Waals surface area contributed by atoms with E-state index in [0.717, 1.165) is 32.2 Å². The minimum Gasteiger partial charge on any atom is -0.462 e. The first-order valence-electron chi connectivity index (χ1n) is 11.5. The van der Waals surface area contributed by atoms with Gasteiger partial charge in [0.2, 0.25) is 5.56 Å². The molecular formula is C25H31N5O3. The summed E-state index contributed by atoms with van der Waals surface area (Å²) in [7, 11) is 4.23. The van der Waals surface area contributed by atoms with E-state index in [9.17, 15) is 9.59 Å². The number of fused-ring (bicyclic) bond motifs is 1. The summed E-state index contributed by atoms with van der Waals surface area (Å²) >= 11 is 0. The van der Waals surface area contributed by atoms with Crippen molar-refractivity contribution in [3.63, 3.8) is 0 Å². The number of rotatable bonds is 7. The number of H-pyrrole nitrogens is 1. The van der Waals surface area contributed by atoms with Gasteiger partial charge in [-0.1, -0.05) is 0 Å². The highest BCUT2D eigenvalue weighted by Crippen LogP contribution is 2.32. The number of nitrogens with zero attached hydrogens (tertiary/aromatic N) is 3. The maximum absolute atomic E-state index is 12.7. The number of carbonyl (C=O) groups excluding carboxylic acids is 1. The van der Waals surface area contributed by atoms with Crippen LogP contribution >= 0.6 is 0 Å². The third-order valence-electron chi connectivity index (χ3n) is 6.10. The Balaban J connectivity index is 1.71. The molecule has 0 aliphatic heterocycles. The number of aromatic amines is 1. The second-order valence-corrected chi connectivity index (χ2v) is 8.90. The van der Waals surface area contributed by atoms with Crippen molar-refractivity contribution in [1.82, 2.24) is 19.9 Å². The van der Waals surface area contributed by atoms with Gasteiger partial charge in [-0.05, 0) is 70.8 Å². The molecular weight excluding hydrogens is 418 g/mol. The van der Waals surface area contributed by atoms with E-state index < -0.39 is 5.97 Å². The van der Waals surface area contributed by atoms with Crippen molar-refractivity contribution >= 4 is 22.7 Å². The molecule has 2 N–H and O–H groups in total. The van der Waals surface area contributed by atoms with Crippen LogP contribution in [0.5, 0.6) is 0 Å². The van der Waals surface area contributed by atoms with Crippen molar-refractivity contribution in [2.45, 2.75) is 38.6 Å². The van der Waals surface area contributed by atoms with Gasteiger partial charge in [0.1, 0.15) is 11.1 Å². The molecule has 8 nitrogen and oxygen atoms in total. The van der Waals surface area contributed by atoms with Crippen LogP contribution in [0.1, 0.15) is 43.0 Å². The Morgan fingerprint density at radius 3 is 2.70 bits per heavy atom. The average Bonchev–Trinajstić information content (AvgIpc) is 2.80. The van der Waals surface area contributed by atoms with Gasteiger partial charge >= 0.3 is 5.97 Å². The molecule has 3 aromatic heterocycles. The van der Waals surface area contributed by atoms with E-state index in [4.69, 9.17) is 9.72 Å². The number of aromatic nitrogens is 3. The Labute approximate surface area is 193 Å². The van der Waals surface area contributed by atoms with Gasteiger partial charge in [0.05, 0.1) is 23.5 Å². The molecule has 0 unspecified atom stereocenters. The minimum atomic E-state index is -0.418. The van der Waals surface area contributed by atoms with Crippen LogP contribution in [-0.2, 0) is 4.74 Å². The monoisotopic (exact) mass is 449 g/mol. The van der Waals surface area contributed by atoms with Crippen LogP contribution in [0.3, 0.4) is 0 Å². The molecule has 0 saturated heterocycles. The van der Waals surface area contributed by atoms with Crippen LogP contribution in [0.25, 0.3) is 22.3 Å². The lowest BCUT2D eigenvalue weighted by Crippen LogP contribution is -2.31. The van der Waals surface area contributed by atoms with Gasteiger partial charge in [0.25, 0.3) is 0 Å². The number of esters is 1. The lowest BCUT2D eigenvalue weighted by Gasteiger charge is -2.31. The summed E-state index contributed by atoms with van der Waals surface area (Å²) in [5.74, 6) is 0.275. The lowest BCUT2D eigenvalue weighted by atomic mass is 9.85. The Kier molecular flexibility index (Phi) is 7.03. The SMILES string of the molecule is CCOC(=O)c1cnc2ccc(-c3cc[nH]c(=O)c3)nc2c1NC1CCC(CN(C)C)CC1. The summed E-state index contributed by atoms with van der Waals surface area (Å²) in [5, 5.41) is 3.61. The number of carbonyl (C=O) groups is 1. The predicted octanol–water partition coefficient (Wildman–Crippen LogP) is 3.69. The van der Waals surface area contributed by atoms with E-state index in [1.54, 1.807) is 25.4 Å². The van der Waals surface area contributed by atoms with Crippen molar-refractivity contribution in [1.29, 1.82) is 0 Å². The summed E-state index contributed by atoms with van der Waals surface area (Å²) in [6, 6.07) is 7.26. The van der Waals surface area contributed by atoms with Gasteiger partial charge in [-0.3, -0.25) is 9.78 Å². The fourth-order valence-corrected chi connectivity index (χ4v) is 4.55. The number of nitrogens with one attached hydrogen (secondary N) is 2. The highest BCUT2D eigenvalue weighted by molar-refractivity contribution is 6.04. The van der Waals surface area contributed by atoms with E-state index in [2.05, 4.69) is 34.3 Å². The highest BCUT2D eigenvalue weighted by Gasteiger charge is 2.25. The summed E-state index contributed by atoms with van der Waals surface area (Å²) in [4.78, 5) is 38.7. The van der Waals surface area contributed by atoms with Crippen LogP contribution in [0, 0.1) is 5.92 Å². The van der Waals surface area contributed by atoms with Crippen molar-refractivity contribution in [3.8, 4) is 11.3 Å². The van der Waals surface area contributed by atoms with Crippen molar-refractivity contribution in [2.24, 2.45) is 5.92 Å². The Hall–Kier alpha value is -3.26. The van der Waals surface area contributed by atoms with Gasteiger partial charge in [-0.2, -0.15) is 0 Å². The Morgan fingerprint density at radius 2 is 2.00 bits per heavy atom. The van der Waals surface area contributed by atoms with Gasteiger partial charge in [0.15, 0.2) is 0 Å². The third kappa shape index (κ3) is 5.39. The normalized spacial score (nSPS) is 18.4. The van der Waals surface area contributed by atoms with Crippen LogP contribution in [-0.4, -0.2) is 59.1 Å². The maximum Gasteiger partial charge on any atom is 0.341 e.